The number of ether oxygens (including phenoxy) is 1. The van der Waals surface area contributed by atoms with E-state index in [4.69, 9.17) is 10.5 Å². The second kappa shape index (κ2) is 2.23. The van der Waals surface area contributed by atoms with E-state index in [0.717, 1.165) is 12.3 Å². The van der Waals surface area contributed by atoms with Gasteiger partial charge in [-0.05, 0) is 19.3 Å². The summed E-state index contributed by atoms with van der Waals surface area (Å²) in [6, 6.07) is 0.443. The molecular formula is C7H12N2O. The molecule has 0 aromatic carbocycles. The van der Waals surface area contributed by atoms with Crippen LogP contribution >= 0.6 is 0 Å². The molecule has 3 nitrogen and oxygen atoms in total. The van der Waals surface area contributed by atoms with Crippen LogP contribution < -0.4 is 5.73 Å². The Morgan fingerprint density at radius 2 is 2.50 bits per heavy atom. The maximum atomic E-state index is 5.46. The van der Waals surface area contributed by atoms with E-state index in [-0.39, 0.29) is 0 Å². The van der Waals surface area contributed by atoms with Gasteiger partial charge in [-0.25, -0.2) is 4.99 Å². The van der Waals surface area contributed by atoms with Gasteiger partial charge in [0.2, 0.25) is 0 Å². The zero-order valence-corrected chi connectivity index (χ0v) is 5.92. The van der Waals surface area contributed by atoms with E-state index in [1.165, 1.54) is 12.8 Å². The number of fused-ring (bicyclic) bond motifs is 1. The van der Waals surface area contributed by atoms with Crippen LogP contribution in [0.3, 0.4) is 0 Å². The lowest BCUT2D eigenvalue weighted by Gasteiger charge is -2.06. The third kappa shape index (κ3) is 0.814. The minimum Gasteiger partial charge on any atom is -0.474 e. The van der Waals surface area contributed by atoms with Gasteiger partial charge in [-0.2, -0.15) is 0 Å². The van der Waals surface area contributed by atoms with Gasteiger partial charge in [0.25, 0.3) is 0 Å². The maximum Gasteiger partial charge on any atom is 0.198 e. The number of rotatable bonds is 1. The number of nitrogens with zero attached hydrogens (tertiary/aromatic N) is 1. The Kier molecular flexibility index (Phi) is 1.38. The topological polar surface area (TPSA) is 47.6 Å². The monoisotopic (exact) mass is 140 g/mol. The highest BCUT2D eigenvalue weighted by molar-refractivity contribution is 5.79. The van der Waals surface area contributed by atoms with Gasteiger partial charge in [0.05, 0.1) is 12.6 Å². The fourth-order valence-electron chi connectivity index (χ4n) is 1.68. The van der Waals surface area contributed by atoms with Gasteiger partial charge < -0.3 is 10.5 Å². The summed E-state index contributed by atoms with van der Waals surface area (Å²) in [5, 5.41) is 0. The summed E-state index contributed by atoms with van der Waals surface area (Å²) in [4.78, 5) is 4.34. The molecule has 2 atom stereocenters. The number of aliphatic imine (C=N–C) groups is 1. The normalized spacial score (nSPS) is 37.1. The molecule has 2 N–H and O–H groups in total. The van der Waals surface area contributed by atoms with Crippen molar-refractivity contribution in [2.45, 2.75) is 31.4 Å². The number of hydrogen-bond donors (Lipinski definition) is 1. The predicted molar refractivity (Wildman–Crippen MR) is 39.0 cm³/mol. The Morgan fingerprint density at radius 3 is 3.20 bits per heavy atom. The van der Waals surface area contributed by atoms with Crippen LogP contribution in [0.15, 0.2) is 4.99 Å². The molecule has 1 heterocycles. The third-order valence-corrected chi connectivity index (χ3v) is 2.19. The first kappa shape index (κ1) is 6.16. The summed E-state index contributed by atoms with van der Waals surface area (Å²) < 4.78 is 5.46. The SMILES string of the molecule is NCC1=NC2CCCC2O1. The highest BCUT2D eigenvalue weighted by Crippen LogP contribution is 2.29. The van der Waals surface area contributed by atoms with Crippen molar-refractivity contribution in [3.63, 3.8) is 0 Å². The van der Waals surface area contributed by atoms with Gasteiger partial charge in [-0.3, -0.25) is 0 Å². The van der Waals surface area contributed by atoms with E-state index in [2.05, 4.69) is 4.99 Å². The molecule has 0 aromatic heterocycles. The minimum absolute atomic E-state index is 0.374. The number of hydrogen-bond acceptors (Lipinski definition) is 3. The van der Waals surface area contributed by atoms with E-state index in [0.29, 0.717) is 18.7 Å². The van der Waals surface area contributed by atoms with Crippen molar-refractivity contribution in [3.8, 4) is 0 Å². The quantitative estimate of drug-likeness (QED) is 0.569. The van der Waals surface area contributed by atoms with Crippen molar-refractivity contribution in [1.82, 2.24) is 0 Å². The van der Waals surface area contributed by atoms with Crippen molar-refractivity contribution < 1.29 is 4.74 Å². The molecule has 2 unspecified atom stereocenters. The molecule has 0 amide bonds. The molecule has 3 heteroatoms. The summed E-state index contributed by atoms with van der Waals surface area (Å²) in [6.07, 6.45) is 3.99. The molecule has 0 saturated heterocycles. The van der Waals surface area contributed by atoms with Gasteiger partial charge in [0.1, 0.15) is 6.10 Å². The fraction of sp³-hybridized carbons (Fsp3) is 0.857. The van der Waals surface area contributed by atoms with Gasteiger partial charge >= 0.3 is 0 Å². The van der Waals surface area contributed by atoms with E-state index in [9.17, 15) is 0 Å². The lowest BCUT2D eigenvalue weighted by atomic mass is 10.2. The number of nitrogens with two attached hydrogens (primary N) is 1. The van der Waals surface area contributed by atoms with Crippen molar-refractivity contribution in [2.75, 3.05) is 6.54 Å². The maximum absolute atomic E-state index is 5.46. The summed E-state index contributed by atoms with van der Waals surface area (Å²) in [7, 11) is 0. The average molecular weight is 140 g/mol. The largest absolute Gasteiger partial charge is 0.474 e. The summed E-state index contributed by atoms with van der Waals surface area (Å²) in [6.45, 7) is 0.465. The van der Waals surface area contributed by atoms with Gasteiger partial charge in [-0.1, -0.05) is 0 Å². The Balaban J connectivity index is 2.06. The van der Waals surface area contributed by atoms with Crippen molar-refractivity contribution in [1.29, 1.82) is 0 Å². The van der Waals surface area contributed by atoms with Gasteiger partial charge in [0.15, 0.2) is 5.90 Å². The zero-order valence-electron chi connectivity index (χ0n) is 5.92. The Labute approximate surface area is 60.3 Å². The van der Waals surface area contributed by atoms with Crippen LogP contribution in [-0.4, -0.2) is 24.6 Å². The Bertz CT molecular complexity index is 167. The zero-order chi connectivity index (χ0) is 6.97. The molecule has 1 aliphatic carbocycles. The average Bonchev–Trinajstić information content (AvgIpc) is 2.42. The minimum atomic E-state index is 0.374. The van der Waals surface area contributed by atoms with Gasteiger partial charge in [0, 0.05) is 0 Å². The lowest BCUT2D eigenvalue weighted by molar-refractivity contribution is 0.208. The first-order valence-corrected chi connectivity index (χ1v) is 3.83. The molecule has 0 bridgehead atoms. The van der Waals surface area contributed by atoms with E-state index in [1.54, 1.807) is 0 Å². The summed E-state index contributed by atoms with van der Waals surface area (Å²) in [5.41, 5.74) is 5.38. The van der Waals surface area contributed by atoms with Crippen LogP contribution in [0.1, 0.15) is 19.3 Å². The molecule has 10 heavy (non-hydrogen) atoms. The van der Waals surface area contributed by atoms with Crippen LogP contribution in [0.25, 0.3) is 0 Å². The summed E-state index contributed by atoms with van der Waals surface area (Å²) >= 11 is 0. The highest BCUT2D eigenvalue weighted by Gasteiger charge is 2.34. The fourth-order valence-corrected chi connectivity index (χ4v) is 1.68. The smallest absolute Gasteiger partial charge is 0.198 e. The molecule has 1 aliphatic heterocycles. The molecule has 2 rings (SSSR count). The van der Waals surface area contributed by atoms with Crippen LogP contribution in [0.2, 0.25) is 0 Å². The lowest BCUT2D eigenvalue weighted by Crippen LogP contribution is -2.18. The Hall–Kier alpha value is -0.570. The van der Waals surface area contributed by atoms with Crippen LogP contribution in [0.4, 0.5) is 0 Å². The van der Waals surface area contributed by atoms with Gasteiger partial charge in [-0.15, -0.1) is 0 Å². The Morgan fingerprint density at radius 1 is 1.60 bits per heavy atom. The standard InChI is InChI=1S/C7H12N2O/c8-4-7-9-5-2-1-3-6(5)10-7/h5-6H,1-4,8H2. The molecule has 1 fully saturated rings. The molecule has 0 radical (unpaired) electrons. The first-order chi connectivity index (χ1) is 4.90. The van der Waals surface area contributed by atoms with Crippen LogP contribution in [0.5, 0.6) is 0 Å². The highest BCUT2D eigenvalue weighted by atomic mass is 16.5. The van der Waals surface area contributed by atoms with E-state index >= 15 is 0 Å². The van der Waals surface area contributed by atoms with Crippen molar-refractivity contribution >= 4 is 5.90 Å². The van der Waals surface area contributed by atoms with Crippen LogP contribution in [0, 0.1) is 0 Å². The summed E-state index contributed by atoms with van der Waals surface area (Å²) in [5.74, 6) is 0.759. The molecule has 56 valence electrons. The first-order valence-electron chi connectivity index (χ1n) is 3.83. The second-order valence-electron chi connectivity index (χ2n) is 2.88. The van der Waals surface area contributed by atoms with Crippen LogP contribution in [-0.2, 0) is 4.74 Å². The third-order valence-electron chi connectivity index (χ3n) is 2.19. The molecule has 0 spiro atoms. The predicted octanol–water partition coefficient (Wildman–Crippen LogP) is 0.295. The van der Waals surface area contributed by atoms with Crippen molar-refractivity contribution in [2.24, 2.45) is 10.7 Å². The van der Waals surface area contributed by atoms with E-state index < -0.39 is 0 Å². The molecule has 1 saturated carbocycles. The second-order valence-corrected chi connectivity index (χ2v) is 2.88. The molecule has 2 aliphatic rings. The molecule has 0 aromatic rings. The molecular weight excluding hydrogens is 128 g/mol. The van der Waals surface area contributed by atoms with Crippen molar-refractivity contribution in [3.05, 3.63) is 0 Å². The van der Waals surface area contributed by atoms with E-state index in [1.807, 2.05) is 0 Å².